The van der Waals surface area contributed by atoms with Gasteiger partial charge in [-0.1, -0.05) is 12.1 Å². The Morgan fingerprint density at radius 3 is 2.37 bits per heavy atom. The van der Waals surface area contributed by atoms with Gasteiger partial charge in [0.25, 0.3) is 0 Å². The van der Waals surface area contributed by atoms with E-state index in [-0.39, 0.29) is 0 Å². The van der Waals surface area contributed by atoms with Crippen molar-refractivity contribution in [1.29, 1.82) is 0 Å². The lowest BCUT2D eigenvalue weighted by Crippen LogP contribution is -2.39. The van der Waals surface area contributed by atoms with E-state index in [1.807, 2.05) is 0 Å². The summed E-state index contributed by atoms with van der Waals surface area (Å²) in [4.78, 5) is 22.6. The smallest absolute Gasteiger partial charge is 0.226 e. The highest BCUT2D eigenvalue weighted by Crippen LogP contribution is 2.60. The molecule has 2 aliphatic heterocycles. The Hall–Kier alpha value is -1.59. The van der Waals surface area contributed by atoms with Crippen molar-refractivity contribution in [3.63, 3.8) is 0 Å². The van der Waals surface area contributed by atoms with Crippen LogP contribution in [0.15, 0.2) is 24.3 Å². The molecule has 1 atom stereocenters. The van der Waals surface area contributed by atoms with E-state index >= 15 is 0 Å². The molecule has 2 saturated heterocycles. The van der Waals surface area contributed by atoms with Crippen LogP contribution in [0.4, 0.5) is 5.69 Å². The summed E-state index contributed by atoms with van der Waals surface area (Å²) >= 11 is 0. The first-order valence-electron chi connectivity index (χ1n) is 12.1. The van der Waals surface area contributed by atoms with Crippen LogP contribution in [0.3, 0.4) is 0 Å². The monoisotopic (exact) mass is 412 g/mol. The van der Waals surface area contributed by atoms with E-state index in [1.54, 1.807) is 0 Å². The molecule has 0 bridgehead atoms. The number of hydrogen-bond donors (Lipinski definition) is 0. The van der Waals surface area contributed by atoms with Crippen molar-refractivity contribution in [2.75, 3.05) is 64.3 Å². The highest BCUT2D eigenvalue weighted by Gasteiger charge is 2.59. The number of carbonyl (C=O) groups is 1. The van der Waals surface area contributed by atoms with Crippen molar-refractivity contribution >= 4 is 11.6 Å². The summed E-state index contributed by atoms with van der Waals surface area (Å²) in [5.74, 6) is 0.752. The van der Waals surface area contributed by atoms with E-state index in [9.17, 15) is 4.79 Å². The van der Waals surface area contributed by atoms with Gasteiger partial charge in [-0.2, -0.15) is 0 Å². The molecule has 3 aliphatic rings. The van der Waals surface area contributed by atoms with Gasteiger partial charge in [0.2, 0.25) is 5.91 Å². The molecule has 0 aromatic heterocycles. The first-order valence-corrected chi connectivity index (χ1v) is 12.1. The minimum absolute atomic E-state index is 0.302. The zero-order valence-corrected chi connectivity index (χ0v) is 19.3. The summed E-state index contributed by atoms with van der Waals surface area (Å²) in [6.45, 7) is 13.8. The highest BCUT2D eigenvalue weighted by molar-refractivity contribution is 5.82. The second kappa shape index (κ2) is 9.27. The number of rotatable bonds is 6. The third-order valence-corrected chi connectivity index (χ3v) is 7.84. The normalized spacial score (nSPS) is 24.6. The molecule has 1 aromatic rings. The van der Waals surface area contributed by atoms with Gasteiger partial charge in [0.05, 0.1) is 0 Å². The van der Waals surface area contributed by atoms with E-state index in [1.165, 1.54) is 24.1 Å². The Morgan fingerprint density at radius 2 is 1.70 bits per heavy atom. The summed E-state index contributed by atoms with van der Waals surface area (Å²) in [7, 11) is 2.17. The summed E-state index contributed by atoms with van der Waals surface area (Å²) in [6, 6.07) is 9.11. The van der Waals surface area contributed by atoms with E-state index in [4.69, 9.17) is 0 Å². The molecule has 1 aliphatic carbocycles. The van der Waals surface area contributed by atoms with Crippen LogP contribution < -0.4 is 4.90 Å². The summed E-state index contributed by atoms with van der Waals surface area (Å²) in [5, 5.41) is 0. The average Bonchev–Trinajstić information content (AvgIpc) is 3.51. The van der Waals surface area contributed by atoms with E-state index in [0.29, 0.717) is 17.2 Å². The van der Waals surface area contributed by atoms with Crippen molar-refractivity contribution in [3.8, 4) is 0 Å². The molecule has 1 unspecified atom stereocenters. The van der Waals surface area contributed by atoms with E-state index in [2.05, 4.69) is 64.8 Å². The van der Waals surface area contributed by atoms with Gasteiger partial charge in [-0.05, 0) is 89.3 Å². The molecule has 5 nitrogen and oxygen atoms in total. The number of nitrogens with zero attached hydrogens (tertiary/aromatic N) is 4. The maximum Gasteiger partial charge on any atom is 0.226 e. The third-order valence-electron chi connectivity index (χ3n) is 7.84. The maximum absolute atomic E-state index is 13.1. The predicted molar refractivity (Wildman–Crippen MR) is 124 cm³/mol. The second-order valence-corrected chi connectivity index (χ2v) is 9.72. The van der Waals surface area contributed by atoms with Gasteiger partial charge in [-0.15, -0.1) is 0 Å². The standard InChI is InChI=1S/C25H40N4O/c1-4-28(5-2)22-9-7-21(8-10-22)20-27-15-11-25(12-16-27)19-23(25)24(30)29-14-6-13-26(3)17-18-29/h7-10,23H,4-6,11-20H2,1-3H3. The molecule has 1 amide bonds. The minimum Gasteiger partial charge on any atom is -0.372 e. The van der Waals surface area contributed by atoms with Crippen LogP contribution in [0, 0.1) is 11.3 Å². The summed E-state index contributed by atoms with van der Waals surface area (Å²) in [5.41, 5.74) is 3.04. The fraction of sp³-hybridized carbons (Fsp3) is 0.720. The highest BCUT2D eigenvalue weighted by atomic mass is 16.2. The molecular weight excluding hydrogens is 372 g/mol. The molecule has 1 saturated carbocycles. The Balaban J connectivity index is 1.26. The number of likely N-dealkylation sites (N-methyl/N-ethyl adjacent to an activating group) is 1. The predicted octanol–water partition coefficient (Wildman–Crippen LogP) is 3.30. The lowest BCUT2D eigenvalue weighted by Gasteiger charge is -2.33. The number of piperidine rings is 1. The number of likely N-dealkylation sites (tertiary alicyclic amines) is 1. The van der Waals surface area contributed by atoms with Crippen molar-refractivity contribution in [2.24, 2.45) is 11.3 Å². The molecule has 5 heteroatoms. The lowest BCUT2D eigenvalue weighted by atomic mass is 9.90. The average molecular weight is 413 g/mol. The molecule has 0 N–H and O–H groups in total. The van der Waals surface area contributed by atoms with E-state index in [0.717, 1.165) is 71.7 Å². The van der Waals surface area contributed by atoms with Gasteiger partial charge in [0.1, 0.15) is 0 Å². The number of hydrogen-bond acceptors (Lipinski definition) is 4. The largest absolute Gasteiger partial charge is 0.372 e. The van der Waals surface area contributed by atoms with Crippen molar-refractivity contribution < 1.29 is 4.79 Å². The molecule has 0 radical (unpaired) electrons. The van der Waals surface area contributed by atoms with Gasteiger partial charge in [0.15, 0.2) is 0 Å². The molecule has 4 rings (SSSR count). The first kappa shape index (κ1) is 21.6. The number of carbonyl (C=O) groups excluding carboxylic acids is 1. The van der Waals surface area contributed by atoms with Crippen LogP contribution in [-0.2, 0) is 11.3 Å². The quantitative estimate of drug-likeness (QED) is 0.717. The molecule has 30 heavy (non-hydrogen) atoms. The van der Waals surface area contributed by atoms with Crippen LogP contribution in [0.25, 0.3) is 0 Å². The van der Waals surface area contributed by atoms with Gasteiger partial charge >= 0.3 is 0 Å². The minimum atomic E-state index is 0.302. The van der Waals surface area contributed by atoms with Crippen LogP contribution in [-0.4, -0.2) is 80.0 Å². The fourth-order valence-electron chi connectivity index (χ4n) is 5.55. The van der Waals surface area contributed by atoms with E-state index < -0.39 is 0 Å². The van der Waals surface area contributed by atoms with Crippen molar-refractivity contribution in [1.82, 2.24) is 14.7 Å². The van der Waals surface area contributed by atoms with Crippen molar-refractivity contribution in [2.45, 2.75) is 46.1 Å². The van der Waals surface area contributed by atoms with Crippen LogP contribution in [0.1, 0.15) is 45.1 Å². The fourth-order valence-corrected chi connectivity index (χ4v) is 5.55. The molecular formula is C25H40N4O. The second-order valence-electron chi connectivity index (χ2n) is 9.72. The SMILES string of the molecule is CCN(CC)c1ccc(CN2CCC3(CC2)CC3C(=O)N2CCCN(C)CC2)cc1. The summed E-state index contributed by atoms with van der Waals surface area (Å²) < 4.78 is 0. The molecule has 1 spiro atoms. The Bertz CT molecular complexity index is 706. The zero-order valence-electron chi connectivity index (χ0n) is 19.3. The topological polar surface area (TPSA) is 30.0 Å². The zero-order chi connectivity index (χ0) is 21.1. The van der Waals surface area contributed by atoms with Gasteiger partial charge in [-0.3, -0.25) is 9.69 Å². The molecule has 3 fully saturated rings. The van der Waals surface area contributed by atoms with Gasteiger partial charge in [0, 0.05) is 50.9 Å². The Kier molecular flexibility index (Phi) is 6.69. The van der Waals surface area contributed by atoms with Crippen molar-refractivity contribution in [3.05, 3.63) is 29.8 Å². The van der Waals surface area contributed by atoms with Crippen LogP contribution in [0.2, 0.25) is 0 Å². The first-order chi connectivity index (χ1) is 14.5. The Morgan fingerprint density at radius 1 is 1.00 bits per heavy atom. The number of amides is 1. The third kappa shape index (κ3) is 4.67. The van der Waals surface area contributed by atoms with Gasteiger partial charge < -0.3 is 14.7 Å². The molecule has 166 valence electrons. The lowest BCUT2D eigenvalue weighted by molar-refractivity contribution is -0.133. The van der Waals surface area contributed by atoms with Crippen LogP contribution in [0.5, 0.6) is 0 Å². The maximum atomic E-state index is 13.1. The number of anilines is 1. The Labute approximate surface area is 183 Å². The molecule has 2 heterocycles. The van der Waals surface area contributed by atoms with Crippen LogP contribution >= 0.6 is 0 Å². The molecule has 1 aromatic carbocycles. The summed E-state index contributed by atoms with van der Waals surface area (Å²) in [6.07, 6.45) is 4.62. The van der Waals surface area contributed by atoms with Gasteiger partial charge in [-0.25, -0.2) is 0 Å². The number of benzene rings is 1.